The van der Waals surface area contributed by atoms with Gasteiger partial charge in [0, 0.05) is 17.8 Å². The van der Waals surface area contributed by atoms with Gasteiger partial charge in [-0.25, -0.2) is 0 Å². The maximum Gasteiger partial charge on any atom is 0.125 e. The van der Waals surface area contributed by atoms with Gasteiger partial charge in [0.05, 0.1) is 12.3 Å². The molecule has 0 aliphatic rings. The summed E-state index contributed by atoms with van der Waals surface area (Å²) in [6.45, 7) is 7.20. The summed E-state index contributed by atoms with van der Waals surface area (Å²) in [7, 11) is 0. The summed E-state index contributed by atoms with van der Waals surface area (Å²) < 4.78 is 5.94. The molecule has 2 heteroatoms. The Balaban J connectivity index is 1.81. The Morgan fingerprint density at radius 1 is 1.04 bits per heavy atom. The minimum atomic E-state index is 0.646. The number of rotatable bonds is 6. The number of aryl methyl sites for hydroxylation is 1. The zero-order chi connectivity index (χ0) is 17.6. The number of pyridine rings is 1. The molecular formula is C23H25NO. The summed E-state index contributed by atoms with van der Waals surface area (Å²) in [4.78, 5) is 4.51. The first-order valence-corrected chi connectivity index (χ1v) is 8.89. The van der Waals surface area contributed by atoms with Gasteiger partial charge in [-0.05, 0) is 41.7 Å². The fourth-order valence-electron chi connectivity index (χ4n) is 2.74. The number of aromatic nitrogens is 1. The summed E-state index contributed by atoms with van der Waals surface area (Å²) in [5.74, 6) is 1.57. The molecule has 0 spiro atoms. The van der Waals surface area contributed by atoms with E-state index >= 15 is 0 Å². The van der Waals surface area contributed by atoms with Crippen molar-refractivity contribution in [2.75, 3.05) is 6.61 Å². The zero-order valence-corrected chi connectivity index (χ0v) is 15.2. The molecule has 3 aromatic rings. The molecule has 0 radical (unpaired) electrons. The van der Waals surface area contributed by atoms with Crippen LogP contribution in [-0.4, -0.2) is 11.6 Å². The quantitative estimate of drug-likeness (QED) is 0.541. The van der Waals surface area contributed by atoms with Crippen LogP contribution in [0.2, 0.25) is 0 Å². The SMILES string of the molecule is Cc1cnc(C=Cc2cccc3ccccc23)cc1OCCC(C)C. The lowest BCUT2D eigenvalue weighted by Gasteiger charge is -2.10. The number of hydrogen-bond donors (Lipinski definition) is 0. The van der Waals surface area contributed by atoms with Crippen LogP contribution in [0.3, 0.4) is 0 Å². The maximum atomic E-state index is 5.94. The first-order valence-electron chi connectivity index (χ1n) is 8.89. The molecule has 1 aromatic heterocycles. The van der Waals surface area contributed by atoms with Gasteiger partial charge in [-0.2, -0.15) is 0 Å². The van der Waals surface area contributed by atoms with Crippen molar-refractivity contribution in [3.05, 3.63) is 71.5 Å². The van der Waals surface area contributed by atoms with E-state index in [-0.39, 0.29) is 0 Å². The summed E-state index contributed by atoms with van der Waals surface area (Å²) in [6, 6.07) is 16.8. The molecule has 128 valence electrons. The van der Waals surface area contributed by atoms with Crippen LogP contribution in [0.1, 0.15) is 37.1 Å². The molecular weight excluding hydrogens is 306 g/mol. The van der Waals surface area contributed by atoms with Crippen molar-refractivity contribution in [1.29, 1.82) is 0 Å². The van der Waals surface area contributed by atoms with Crippen LogP contribution in [0.25, 0.3) is 22.9 Å². The van der Waals surface area contributed by atoms with Crippen LogP contribution in [-0.2, 0) is 0 Å². The summed E-state index contributed by atoms with van der Waals surface area (Å²) >= 11 is 0. The van der Waals surface area contributed by atoms with Crippen molar-refractivity contribution in [3.8, 4) is 5.75 Å². The van der Waals surface area contributed by atoms with E-state index in [9.17, 15) is 0 Å². The van der Waals surface area contributed by atoms with Crippen molar-refractivity contribution in [2.24, 2.45) is 5.92 Å². The van der Waals surface area contributed by atoms with Crippen LogP contribution in [0, 0.1) is 12.8 Å². The number of fused-ring (bicyclic) bond motifs is 1. The summed E-state index contributed by atoms with van der Waals surface area (Å²) in [5.41, 5.74) is 3.19. The molecule has 0 fully saturated rings. The Hall–Kier alpha value is -2.61. The number of hydrogen-bond acceptors (Lipinski definition) is 2. The van der Waals surface area contributed by atoms with Gasteiger partial charge < -0.3 is 4.74 Å². The molecule has 0 bridgehead atoms. The van der Waals surface area contributed by atoms with Crippen molar-refractivity contribution in [2.45, 2.75) is 27.2 Å². The van der Waals surface area contributed by atoms with Crippen LogP contribution in [0.15, 0.2) is 54.7 Å². The molecule has 2 aromatic carbocycles. The van der Waals surface area contributed by atoms with E-state index in [0.717, 1.165) is 30.0 Å². The Kier molecular flexibility index (Phi) is 5.49. The van der Waals surface area contributed by atoms with Crippen LogP contribution in [0.4, 0.5) is 0 Å². The largest absolute Gasteiger partial charge is 0.493 e. The zero-order valence-electron chi connectivity index (χ0n) is 15.2. The van der Waals surface area contributed by atoms with Crippen molar-refractivity contribution < 1.29 is 4.74 Å². The third kappa shape index (κ3) is 4.48. The number of benzene rings is 2. The Labute approximate surface area is 150 Å². The van der Waals surface area contributed by atoms with E-state index in [0.29, 0.717) is 5.92 Å². The van der Waals surface area contributed by atoms with Crippen molar-refractivity contribution in [3.63, 3.8) is 0 Å². The lowest BCUT2D eigenvalue weighted by Crippen LogP contribution is -2.03. The highest BCUT2D eigenvalue weighted by atomic mass is 16.5. The second-order valence-corrected chi connectivity index (χ2v) is 6.81. The Morgan fingerprint density at radius 3 is 2.68 bits per heavy atom. The smallest absolute Gasteiger partial charge is 0.125 e. The van der Waals surface area contributed by atoms with E-state index in [2.05, 4.69) is 73.4 Å². The highest BCUT2D eigenvalue weighted by Gasteiger charge is 2.03. The number of nitrogens with zero attached hydrogens (tertiary/aromatic N) is 1. The van der Waals surface area contributed by atoms with Crippen LogP contribution in [0.5, 0.6) is 5.75 Å². The molecule has 2 nitrogen and oxygen atoms in total. The minimum absolute atomic E-state index is 0.646. The van der Waals surface area contributed by atoms with E-state index < -0.39 is 0 Å². The second-order valence-electron chi connectivity index (χ2n) is 6.81. The lowest BCUT2D eigenvalue weighted by atomic mass is 10.0. The number of ether oxygens (including phenoxy) is 1. The topological polar surface area (TPSA) is 22.1 Å². The van der Waals surface area contributed by atoms with Gasteiger partial charge in [0.2, 0.25) is 0 Å². The van der Waals surface area contributed by atoms with Gasteiger partial charge in [0.1, 0.15) is 5.75 Å². The van der Waals surface area contributed by atoms with Gasteiger partial charge in [-0.15, -0.1) is 0 Å². The molecule has 0 saturated heterocycles. The summed E-state index contributed by atoms with van der Waals surface area (Å²) in [5, 5.41) is 2.50. The maximum absolute atomic E-state index is 5.94. The summed E-state index contributed by atoms with van der Waals surface area (Å²) in [6.07, 6.45) is 7.12. The second kappa shape index (κ2) is 7.98. The molecule has 0 unspecified atom stereocenters. The molecule has 25 heavy (non-hydrogen) atoms. The highest BCUT2D eigenvalue weighted by molar-refractivity contribution is 5.92. The highest BCUT2D eigenvalue weighted by Crippen LogP contribution is 2.22. The van der Waals surface area contributed by atoms with Gasteiger partial charge >= 0.3 is 0 Å². The third-order valence-corrected chi connectivity index (χ3v) is 4.28. The van der Waals surface area contributed by atoms with E-state index in [1.165, 1.54) is 16.3 Å². The Morgan fingerprint density at radius 2 is 1.84 bits per heavy atom. The fraction of sp³-hybridized carbons (Fsp3) is 0.261. The van der Waals surface area contributed by atoms with Crippen LogP contribution >= 0.6 is 0 Å². The third-order valence-electron chi connectivity index (χ3n) is 4.28. The standard InChI is InChI=1S/C23H25NO/c1-17(2)13-14-25-23-15-21(24-16-18(23)3)12-11-20-9-6-8-19-7-4-5-10-22(19)20/h4-12,15-17H,13-14H2,1-3H3. The predicted molar refractivity (Wildman–Crippen MR) is 107 cm³/mol. The Bertz CT molecular complexity index is 875. The first-order chi connectivity index (χ1) is 12.1. The van der Waals surface area contributed by atoms with Gasteiger partial charge in [-0.3, -0.25) is 4.98 Å². The molecule has 0 atom stereocenters. The molecule has 0 N–H and O–H groups in total. The van der Waals surface area contributed by atoms with Gasteiger partial charge in [0.25, 0.3) is 0 Å². The van der Waals surface area contributed by atoms with Crippen LogP contribution < -0.4 is 4.74 Å². The normalized spacial score (nSPS) is 11.5. The van der Waals surface area contributed by atoms with Gasteiger partial charge in [-0.1, -0.05) is 62.4 Å². The van der Waals surface area contributed by atoms with E-state index in [1.807, 2.05) is 19.2 Å². The van der Waals surface area contributed by atoms with E-state index in [4.69, 9.17) is 4.74 Å². The molecule has 3 rings (SSSR count). The molecule has 1 heterocycles. The fourth-order valence-corrected chi connectivity index (χ4v) is 2.74. The molecule has 0 amide bonds. The van der Waals surface area contributed by atoms with E-state index in [1.54, 1.807) is 0 Å². The van der Waals surface area contributed by atoms with Gasteiger partial charge in [0.15, 0.2) is 0 Å². The molecule has 0 aliphatic heterocycles. The van der Waals surface area contributed by atoms with Crippen molar-refractivity contribution >= 4 is 22.9 Å². The average Bonchev–Trinajstić information content (AvgIpc) is 2.62. The lowest BCUT2D eigenvalue weighted by molar-refractivity contribution is 0.287. The minimum Gasteiger partial charge on any atom is -0.493 e. The monoisotopic (exact) mass is 331 g/mol. The van der Waals surface area contributed by atoms with Crippen molar-refractivity contribution in [1.82, 2.24) is 4.98 Å². The first kappa shape index (κ1) is 17.2. The molecule has 0 saturated carbocycles. The predicted octanol–water partition coefficient (Wildman–Crippen LogP) is 6.14. The average molecular weight is 331 g/mol. The molecule has 0 aliphatic carbocycles.